The summed E-state index contributed by atoms with van der Waals surface area (Å²) in [4.78, 5) is 52.0. The highest BCUT2D eigenvalue weighted by Gasteiger charge is 2.50. The first-order valence-electron chi connectivity index (χ1n) is 11.9. The molecule has 6 rings (SSSR count). The van der Waals surface area contributed by atoms with Crippen LogP contribution in [0.5, 0.6) is 0 Å². The van der Waals surface area contributed by atoms with Crippen LogP contribution in [0.4, 0.5) is 5.69 Å². The summed E-state index contributed by atoms with van der Waals surface area (Å²) >= 11 is 1.54. The van der Waals surface area contributed by atoms with Crippen molar-refractivity contribution in [1.29, 1.82) is 0 Å². The summed E-state index contributed by atoms with van der Waals surface area (Å²) in [6, 6.07) is 5.18. The number of rotatable bonds is 3. The van der Waals surface area contributed by atoms with Gasteiger partial charge in [0.05, 0.1) is 45.4 Å². The number of thiazole rings is 1. The number of hydrogen-bond donors (Lipinski definition) is 2. The molecule has 2 N–H and O–H groups in total. The Morgan fingerprint density at radius 2 is 1.97 bits per heavy atom. The molecule has 3 amide bonds. The summed E-state index contributed by atoms with van der Waals surface area (Å²) in [6.45, 7) is 4.49. The fourth-order valence-electron chi connectivity index (χ4n) is 4.87. The predicted octanol–water partition coefficient (Wildman–Crippen LogP) is 3.11. The van der Waals surface area contributed by atoms with Crippen LogP contribution in [0.1, 0.15) is 38.3 Å². The number of nitrogens with one attached hydrogen (secondary N) is 2. The molecule has 2 atom stereocenters. The maximum absolute atomic E-state index is 13.6. The Hall–Kier alpha value is -3.86. The Bertz CT molecular complexity index is 1510. The third kappa shape index (κ3) is 3.79. The number of hydrogen-bond acceptors (Lipinski definition) is 7. The molecule has 2 fully saturated rings. The van der Waals surface area contributed by atoms with Gasteiger partial charge in [0, 0.05) is 36.1 Å². The molecule has 0 spiro atoms. The molecule has 1 saturated heterocycles. The normalized spacial score (nSPS) is 21.1. The van der Waals surface area contributed by atoms with E-state index in [2.05, 4.69) is 25.5 Å². The lowest BCUT2D eigenvalue weighted by Gasteiger charge is -2.46. The van der Waals surface area contributed by atoms with Gasteiger partial charge in [0.25, 0.3) is 0 Å². The number of H-pyrrole nitrogens is 1. The zero-order chi connectivity index (χ0) is 25.0. The zero-order valence-electron chi connectivity index (χ0n) is 19.9. The minimum absolute atomic E-state index is 0.114. The Balaban J connectivity index is 1.32. The second-order valence-corrected chi connectivity index (χ2v) is 10.8. The molecular weight excluding hydrogens is 478 g/mol. The average molecular weight is 504 g/mol. The Morgan fingerprint density at radius 3 is 2.78 bits per heavy atom. The van der Waals surface area contributed by atoms with Crippen LogP contribution >= 0.6 is 11.3 Å². The van der Waals surface area contributed by atoms with Gasteiger partial charge in [-0.25, -0.2) is 4.98 Å². The molecular formula is C25H25N7O3S. The molecule has 1 aliphatic heterocycles. The number of fused-ring (bicyclic) bond motifs is 2. The molecule has 1 aliphatic carbocycles. The first-order valence-corrected chi connectivity index (χ1v) is 12.8. The topological polar surface area (TPSA) is 124 Å². The lowest BCUT2D eigenvalue weighted by Crippen LogP contribution is -2.59. The number of piperazine rings is 1. The third-order valence-electron chi connectivity index (χ3n) is 7.31. The molecule has 184 valence electrons. The summed E-state index contributed by atoms with van der Waals surface area (Å²) < 4.78 is 1.04. The average Bonchev–Trinajstić information content (AvgIpc) is 3.25. The number of aromatic nitrogens is 4. The molecule has 11 heteroatoms. The quantitative estimate of drug-likeness (QED) is 0.414. The number of benzene rings is 1. The molecule has 4 heterocycles. The summed E-state index contributed by atoms with van der Waals surface area (Å²) in [5.41, 5.74) is 4.11. The number of pyridine rings is 1. The zero-order valence-corrected chi connectivity index (χ0v) is 20.7. The van der Waals surface area contributed by atoms with Gasteiger partial charge in [0.2, 0.25) is 5.91 Å². The summed E-state index contributed by atoms with van der Waals surface area (Å²) in [7, 11) is 0. The first-order chi connectivity index (χ1) is 17.3. The molecule has 1 saturated carbocycles. The third-order valence-corrected chi connectivity index (χ3v) is 8.12. The number of amides is 3. The van der Waals surface area contributed by atoms with Gasteiger partial charge in [-0.1, -0.05) is 13.0 Å². The molecule has 10 nitrogen and oxygen atoms in total. The summed E-state index contributed by atoms with van der Waals surface area (Å²) in [5, 5.41) is 10.2. The van der Waals surface area contributed by atoms with Gasteiger partial charge in [-0.15, -0.1) is 11.3 Å². The molecule has 1 aromatic carbocycles. The minimum Gasteiger partial charge on any atom is -0.335 e. The van der Waals surface area contributed by atoms with E-state index >= 15 is 0 Å². The molecule has 36 heavy (non-hydrogen) atoms. The summed E-state index contributed by atoms with van der Waals surface area (Å²) in [6.07, 6.45) is 6.46. The van der Waals surface area contributed by atoms with Gasteiger partial charge in [0.1, 0.15) is 0 Å². The van der Waals surface area contributed by atoms with Crippen LogP contribution in [-0.2, 0) is 14.4 Å². The van der Waals surface area contributed by atoms with Crippen molar-refractivity contribution in [2.75, 3.05) is 18.4 Å². The fourth-order valence-corrected chi connectivity index (χ4v) is 5.52. The van der Waals surface area contributed by atoms with E-state index < -0.39 is 17.9 Å². The highest BCUT2D eigenvalue weighted by atomic mass is 32.1. The van der Waals surface area contributed by atoms with Gasteiger partial charge in [-0.05, 0) is 37.5 Å². The molecule has 3 aromatic heterocycles. The molecule has 1 unspecified atom stereocenters. The van der Waals surface area contributed by atoms with Crippen LogP contribution < -0.4 is 5.32 Å². The Labute approximate surface area is 210 Å². The number of carbonyl (C=O) groups is 3. The highest BCUT2D eigenvalue weighted by Crippen LogP contribution is 2.47. The van der Waals surface area contributed by atoms with Crippen molar-refractivity contribution in [2.45, 2.75) is 38.8 Å². The van der Waals surface area contributed by atoms with Crippen molar-refractivity contribution in [1.82, 2.24) is 30.0 Å². The van der Waals surface area contributed by atoms with Crippen molar-refractivity contribution >= 4 is 55.9 Å². The van der Waals surface area contributed by atoms with Crippen molar-refractivity contribution in [3.05, 3.63) is 47.9 Å². The number of aromatic amines is 1. The van der Waals surface area contributed by atoms with E-state index in [1.54, 1.807) is 34.1 Å². The smallest absolute Gasteiger partial charge is 0.314 e. The van der Waals surface area contributed by atoms with Crippen LogP contribution in [0.15, 0.2) is 42.3 Å². The van der Waals surface area contributed by atoms with Crippen molar-refractivity contribution in [3.8, 4) is 0 Å². The maximum atomic E-state index is 13.6. The van der Waals surface area contributed by atoms with E-state index in [9.17, 15) is 14.4 Å². The summed E-state index contributed by atoms with van der Waals surface area (Å²) in [5.74, 6) is -1.31. The van der Waals surface area contributed by atoms with Crippen molar-refractivity contribution in [3.63, 3.8) is 0 Å². The van der Waals surface area contributed by atoms with Crippen LogP contribution in [0.3, 0.4) is 0 Å². The van der Waals surface area contributed by atoms with Gasteiger partial charge >= 0.3 is 11.8 Å². The van der Waals surface area contributed by atoms with Crippen molar-refractivity contribution in [2.24, 2.45) is 5.41 Å². The Morgan fingerprint density at radius 1 is 1.14 bits per heavy atom. The van der Waals surface area contributed by atoms with Crippen LogP contribution in [-0.4, -0.2) is 66.8 Å². The maximum Gasteiger partial charge on any atom is 0.314 e. The van der Waals surface area contributed by atoms with Gasteiger partial charge in [0.15, 0.2) is 0 Å². The van der Waals surface area contributed by atoms with Crippen LogP contribution in [0, 0.1) is 5.41 Å². The van der Waals surface area contributed by atoms with E-state index in [0.29, 0.717) is 17.7 Å². The van der Waals surface area contributed by atoms with Gasteiger partial charge in [-0.2, -0.15) is 5.10 Å². The highest BCUT2D eigenvalue weighted by molar-refractivity contribution is 7.16. The number of carbonyl (C=O) groups excluding carboxylic acids is 3. The van der Waals surface area contributed by atoms with Gasteiger partial charge in [-0.3, -0.25) is 24.5 Å². The molecule has 2 aliphatic rings. The number of nitrogens with zero attached hydrogens (tertiary/aromatic N) is 5. The fraction of sp³-hybridized carbons (Fsp3) is 0.360. The first kappa shape index (κ1) is 22.6. The Kier molecular flexibility index (Phi) is 5.25. The van der Waals surface area contributed by atoms with Crippen LogP contribution in [0.2, 0.25) is 0 Å². The second-order valence-electron chi connectivity index (χ2n) is 9.90. The van der Waals surface area contributed by atoms with E-state index in [-0.39, 0.29) is 23.9 Å². The largest absolute Gasteiger partial charge is 0.335 e. The number of anilines is 1. The van der Waals surface area contributed by atoms with Gasteiger partial charge < -0.3 is 15.1 Å². The second kappa shape index (κ2) is 8.37. The molecule has 0 radical (unpaired) electrons. The lowest BCUT2D eigenvalue weighted by atomic mass is 9.97. The molecule has 0 bridgehead atoms. The van der Waals surface area contributed by atoms with Crippen molar-refractivity contribution < 1.29 is 14.4 Å². The van der Waals surface area contributed by atoms with E-state index in [1.807, 2.05) is 36.9 Å². The monoisotopic (exact) mass is 503 g/mol. The minimum atomic E-state index is -0.764. The predicted molar refractivity (Wildman–Crippen MR) is 135 cm³/mol. The van der Waals surface area contributed by atoms with Crippen LogP contribution in [0.25, 0.3) is 21.1 Å². The lowest BCUT2D eigenvalue weighted by molar-refractivity contribution is -0.153. The van der Waals surface area contributed by atoms with E-state index in [1.165, 1.54) is 6.20 Å². The molecule has 4 aromatic rings. The SMILES string of the molecule is C[C@@H]1CN(C(=O)C(=O)Nc2cncc3cn[nH]c23)C(c2ccc3scnc3c2)CN1C(=O)C1(C)CC1. The van der Waals surface area contributed by atoms with E-state index in [0.717, 1.165) is 34.0 Å². The van der Waals surface area contributed by atoms with E-state index in [4.69, 9.17) is 0 Å². The standard InChI is InChI=1S/C25H25N7O3S/c1-14-11-32(23(34)22(33)29-18-10-26-8-16-9-28-30-21(16)18)19(12-31(14)24(35)25(2)5-6-25)15-3-4-20-17(7-15)27-13-36-20/h3-4,7-10,13-14,19H,5-6,11-12H2,1-2H3,(H,28,30)(H,29,33)/t14-,19?/m1/s1.